The minimum absolute atomic E-state index is 0.0734. The molecular weight excluding hydrogens is 304 g/mol. The Kier molecular flexibility index (Phi) is 3.79. The highest BCUT2D eigenvalue weighted by atomic mass is 35.5. The van der Waals surface area contributed by atoms with Crippen molar-refractivity contribution >= 4 is 27.3 Å². The molecule has 0 saturated carbocycles. The Balaban J connectivity index is 2.41. The van der Waals surface area contributed by atoms with E-state index in [-0.39, 0.29) is 15.3 Å². The molecule has 1 saturated heterocycles. The van der Waals surface area contributed by atoms with Gasteiger partial charge in [-0.3, -0.25) is 10.1 Å². The van der Waals surface area contributed by atoms with Gasteiger partial charge in [0.25, 0.3) is 5.69 Å². The highest BCUT2D eigenvalue weighted by molar-refractivity contribution is 7.89. The fraction of sp³-hybridized carbons (Fsp3) is 0.500. The van der Waals surface area contributed by atoms with Gasteiger partial charge in [-0.25, -0.2) is 8.42 Å². The Labute approximate surface area is 122 Å². The van der Waals surface area contributed by atoms with Crippen molar-refractivity contribution in [2.24, 2.45) is 5.41 Å². The molecule has 0 amide bonds. The minimum Gasteiger partial charge on any atom is -0.258 e. The molecule has 1 aliphatic heterocycles. The Morgan fingerprint density at radius 1 is 1.40 bits per heavy atom. The second kappa shape index (κ2) is 4.98. The van der Waals surface area contributed by atoms with Crippen LogP contribution in [-0.4, -0.2) is 30.7 Å². The van der Waals surface area contributed by atoms with Gasteiger partial charge in [-0.05, 0) is 24.0 Å². The van der Waals surface area contributed by atoms with Crippen LogP contribution in [0.3, 0.4) is 0 Å². The molecule has 1 aromatic carbocycles. The van der Waals surface area contributed by atoms with E-state index in [9.17, 15) is 18.5 Å². The average Bonchev–Trinajstić information content (AvgIpc) is 2.70. The number of nitro groups is 1. The van der Waals surface area contributed by atoms with Crippen molar-refractivity contribution in [2.45, 2.75) is 25.2 Å². The van der Waals surface area contributed by atoms with Gasteiger partial charge in [0.05, 0.1) is 9.82 Å². The average molecular weight is 319 g/mol. The van der Waals surface area contributed by atoms with Gasteiger partial charge in [0.1, 0.15) is 5.02 Å². The summed E-state index contributed by atoms with van der Waals surface area (Å²) >= 11 is 5.70. The quantitative estimate of drug-likeness (QED) is 0.634. The summed E-state index contributed by atoms with van der Waals surface area (Å²) in [5.74, 6) is 0. The number of nitrogens with zero attached hydrogens (tertiary/aromatic N) is 2. The van der Waals surface area contributed by atoms with Gasteiger partial charge in [-0.1, -0.05) is 25.4 Å². The number of hydrogen-bond acceptors (Lipinski definition) is 4. The lowest BCUT2D eigenvalue weighted by atomic mass is 9.93. The number of sulfonamides is 1. The molecule has 0 aliphatic carbocycles. The first kappa shape index (κ1) is 15.2. The summed E-state index contributed by atoms with van der Waals surface area (Å²) in [5, 5.41) is 10.8. The number of halogens is 1. The summed E-state index contributed by atoms with van der Waals surface area (Å²) < 4.78 is 26.3. The van der Waals surface area contributed by atoms with E-state index in [1.165, 1.54) is 16.4 Å². The van der Waals surface area contributed by atoms with Crippen LogP contribution in [0.2, 0.25) is 5.02 Å². The third kappa shape index (κ3) is 2.79. The topological polar surface area (TPSA) is 80.5 Å². The maximum absolute atomic E-state index is 12.5. The monoisotopic (exact) mass is 318 g/mol. The molecule has 8 heteroatoms. The maximum Gasteiger partial charge on any atom is 0.289 e. The van der Waals surface area contributed by atoms with Crippen molar-refractivity contribution in [3.63, 3.8) is 0 Å². The number of hydrogen-bond donors (Lipinski definition) is 0. The molecule has 1 aliphatic rings. The molecule has 110 valence electrons. The highest BCUT2D eigenvalue weighted by Crippen LogP contribution is 2.34. The Hall–Kier alpha value is -1.18. The summed E-state index contributed by atoms with van der Waals surface area (Å²) in [6.07, 6.45) is 0.766. The van der Waals surface area contributed by atoms with E-state index in [1.54, 1.807) is 0 Å². The van der Waals surface area contributed by atoms with Crippen LogP contribution in [0, 0.1) is 15.5 Å². The molecule has 0 atom stereocenters. The fourth-order valence-corrected chi connectivity index (χ4v) is 4.05. The predicted molar refractivity (Wildman–Crippen MR) is 75.3 cm³/mol. The van der Waals surface area contributed by atoms with Gasteiger partial charge in [0.2, 0.25) is 10.0 Å². The summed E-state index contributed by atoms with van der Waals surface area (Å²) in [4.78, 5) is 10.1. The SMILES string of the molecule is CC1(C)CCN(S(=O)(=O)c2ccc(Cl)c([N+](=O)[O-])c2)C1. The van der Waals surface area contributed by atoms with Crippen LogP contribution in [0.15, 0.2) is 23.1 Å². The first-order valence-electron chi connectivity index (χ1n) is 6.08. The van der Waals surface area contributed by atoms with Crippen LogP contribution in [0.5, 0.6) is 0 Å². The lowest BCUT2D eigenvalue weighted by molar-refractivity contribution is -0.384. The molecule has 6 nitrogen and oxygen atoms in total. The molecule has 1 heterocycles. The van der Waals surface area contributed by atoms with Crippen molar-refractivity contribution in [3.05, 3.63) is 33.3 Å². The van der Waals surface area contributed by atoms with E-state index < -0.39 is 20.6 Å². The summed E-state index contributed by atoms with van der Waals surface area (Å²) in [6.45, 7) is 4.82. The minimum atomic E-state index is -3.71. The van der Waals surface area contributed by atoms with Gasteiger partial charge in [-0.15, -0.1) is 0 Å². The molecule has 0 radical (unpaired) electrons. The molecule has 2 rings (SSSR count). The Morgan fingerprint density at radius 3 is 2.55 bits per heavy atom. The lowest BCUT2D eigenvalue weighted by Crippen LogP contribution is -2.30. The van der Waals surface area contributed by atoms with E-state index in [4.69, 9.17) is 11.6 Å². The van der Waals surface area contributed by atoms with Crippen LogP contribution < -0.4 is 0 Å². The molecule has 0 aromatic heterocycles. The Bertz CT molecular complexity index is 657. The second-order valence-electron chi connectivity index (χ2n) is 5.62. The van der Waals surface area contributed by atoms with Gasteiger partial charge in [-0.2, -0.15) is 4.31 Å². The molecule has 0 unspecified atom stereocenters. The van der Waals surface area contributed by atoms with Crippen LogP contribution in [0.1, 0.15) is 20.3 Å². The summed E-state index contributed by atoms with van der Waals surface area (Å²) in [7, 11) is -3.71. The molecule has 1 fully saturated rings. The smallest absolute Gasteiger partial charge is 0.258 e. The Morgan fingerprint density at radius 2 is 2.05 bits per heavy atom. The van der Waals surface area contributed by atoms with Crippen molar-refractivity contribution in [2.75, 3.05) is 13.1 Å². The normalized spacial score (nSPS) is 19.1. The summed E-state index contributed by atoms with van der Waals surface area (Å²) in [5.41, 5.74) is -0.475. The number of nitro benzene ring substituents is 1. The van der Waals surface area contributed by atoms with Crippen molar-refractivity contribution < 1.29 is 13.3 Å². The summed E-state index contributed by atoms with van der Waals surface area (Å²) in [6, 6.07) is 3.56. The fourth-order valence-electron chi connectivity index (χ4n) is 2.21. The van der Waals surface area contributed by atoms with Gasteiger partial charge < -0.3 is 0 Å². The first-order valence-corrected chi connectivity index (χ1v) is 7.89. The molecule has 20 heavy (non-hydrogen) atoms. The zero-order chi connectivity index (χ0) is 15.1. The van der Waals surface area contributed by atoms with E-state index in [2.05, 4.69) is 0 Å². The van der Waals surface area contributed by atoms with E-state index >= 15 is 0 Å². The van der Waals surface area contributed by atoms with Crippen molar-refractivity contribution in [1.82, 2.24) is 4.31 Å². The highest BCUT2D eigenvalue weighted by Gasteiger charge is 2.37. The molecular formula is C12H15ClN2O4S. The van der Waals surface area contributed by atoms with Crippen molar-refractivity contribution in [3.8, 4) is 0 Å². The van der Waals surface area contributed by atoms with Crippen LogP contribution in [0.25, 0.3) is 0 Å². The van der Waals surface area contributed by atoms with Crippen LogP contribution in [-0.2, 0) is 10.0 Å². The van der Waals surface area contributed by atoms with Gasteiger partial charge in [0, 0.05) is 19.2 Å². The van der Waals surface area contributed by atoms with Crippen LogP contribution in [0.4, 0.5) is 5.69 Å². The van der Waals surface area contributed by atoms with Gasteiger partial charge >= 0.3 is 0 Å². The standard InChI is InChI=1S/C12H15ClN2O4S/c1-12(2)5-6-14(8-12)20(18,19)9-3-4-10(13)11(7-9)15(16)17/h3-4,7H,5-6,8H2,1-2H3. The number of rotatable bonds is 3. The molecule has 0 spiro atoms. The van der Waals surface area contributed by atoms with Crippen LogP contribution >= 0.6 is 11.6 Å². The van der Waals surface area contributed by atoms with E-state index in [0.29, 0.717) is 13.1 Å². The third-order valence-electron chi connectivity index (χ3n) is 3.39. The molecule has 1 aromatic rings. The molecule has 0 N–H and O–H groups in total. The largest absolute Gasteiger partial charge is 0.289 e. The zero-order valence-electron chi connectivity index (χ0n) is 11.2. The van der Waals surface area contributed by atoms with E-state index in [0.717, 1.165) is 12.5 Å². The lowest BCUT2D eigenvalue weighted by Gasteiger charge is -2.19. The zero-order valence-corrected chi connectivity index (χ0v) is 12.7. The number of benzene rings is 1. The van der Waals surface area contributed by atoms with Crippen molar-refractivity contribution in [1.29, 1.82) is 0 Å². The third-order valence-corrected chi connectivity index (χ3v) is 5.56. The molecule has 0 bridgehead atoms. The van der Waals surface area contributed by atoms with Gasteiger partial charge in [0.15, 0.2) is 0 Å². The van der Waals surface area contributed by atoms with E-state index in [1.807, 2.05) is 13.8 Å². The predicted octanol–water partition coefficient (Wildman–Crippen LogP) is 2.67. The maximum atomic E-state index is 12.5. The second-order valence-corrected chi connectivity index (χ2v) is 7.97. The first-order chi connectivity index (χ1) is 9.13.